The molecule has 1 N–H and O–H groups in total. The Balaban J connectivity index is 1.57. The maximum Gasteiger partial charge on any atom is 0.319 e. The monoisotopic (exact) mass is 492 g/mol. The van der Waals surface area contributed by atoms with Gasteiger partial charge < -0.3 is 10.0 Å². The number of likely N-dealkylation sites (N-methyl/N-ethyl adjacent to an activating group) is 1. The molecule has 152 valence electrons. The molecule has 0 saturated carbocycles. The summed E-state index contributed by atoms with van der Waals surface area (Å²) in [6.07, 6.45) is 4.30. The molecule has 0 amide bonds. The summed E-state index contributed by atoms with van der Waals surface area (Å²) < 4.78 is 0.910. The Morgan fingerprint density at radius 2 is 1.97 bits per heavy atom. The second-order valence-corrected chi connectivity index (χ2v) is 10.6. The Kier molecular flexibility index (Phi) is 6.92. The number of benzene rings is 1. The summed E-state index contributed by atoms with van der Waals surface area (Å²) in [6.45, 7) is 4.11. The molecular weight excluding hydrogens is 472 g/mol. The minimum Gasteiger partial charge on any atom is -0.480 e. The van der Waals surface area contributed by atoms with Crippen LogP contribution in [0.25, 0.3) is 11.3 Å². The number of hydrogen-bond donors (Lipinski definition) is 1. The summed E-state index contributed by atoms with van der Waals surface area (Å²) in [5, 5.41) is 11.2. The van der Waals surface area contributed by atoms with Crippen LogP contribution in [0.1, 0.15) is 19.5 Å². The standard InChI is InChI=1S/C20H21BrN4O2S2/c1-20(2,18(26)27)29-19-24-15(12-28-19)8-9-25(3)17-11-22-16(10-23-17)13-4-6-14(21)7-5-13/h4-7,10-12H,8-9H2,1-3H3,(H,26,27). The average molecular weight is 493 g/mol. The third kappa shape index (κ3) is 5.77. The molecular formula is C20H21BrN4O2S2. The van der Waals surface area contributed by atoms with Gasteiger partial charge in [-0.1, -0.05) is 39.8 Å². The summed E-state index contributed by atoms with van der Waals surface area (Å²) in [5.74, 6) is -0.0492. The van der Waals surface area contributed by atoms with Crippen molar-refractivity contribution >= 4 is 50.8 Å². The number of thiazole rings is 1. The predicted molar refractivity (Wildman–Crippen MR) is 122 cm³/mol. The van der Waals surface area contributed by atoms with Crippen LogP contribution in [0.5, 0.6) is 0 Å². The number of aliphatic carboxylic acids is 1. The minimum absolute atomic E-state index is 0.739. The van der Waals surface area contributed by atoms with Crippen molar-refractivity contribution in [2.75, 3.05) is 18.5 Å². The molecule has 0 saturated heterocycles. The van der Waals surface area contributed by atoms with Gasteiger partial charge in [-0.3, -0.25) is 9.78 Å². The molecule has 6 nitrogen and oxygen atoms in total. The van der Waals surface area contributed by atoms with E-state index in [2.05, 4.69) is 30.9 Å². The van der Waals surface area contributed by atoms with Gasteiger partial charge in [-0.15, -0.1) is 11.3 Å². The Morgan fingerprint density at radius 1 is 1.24 bits per heavy atom. The van der Waals surface area contributed by atoms with Crippen LogP contribution in [0, 0.1) is 0 Å². The first kappa shape index (κ1) is 21.7. The summed E-state index contributed by atoms with van der Waals surface area (Å²) in [6, 6.07) is 7.96. The van der Waals surface area contributed by atoms with Crippen molar-refractivity contribution in [2.45, 2.75) is 29.4 Å². The van der Waals surface area contributed by atoms with Gasteiger partial charge in [0.05, 0.1) is 23.8 Å². The fraction of sp³-hybridized carbons (Fsp3) is 0.300. The lowest BCUT2D eigenvalue weighted by Crippen LogP contribution is -2.26. The summed E-state index contributed by atoms with van der Waals surface area (Å²) in [7, 11) is 1.97. The van der Waals surface area contributed by atoms with E-state index >= 15 is 0 Å². The van der Waals surface area contributed by atoms with Gasteiger partial charge >= 0.3 is 5.97 Å². The van der Waals surface area contributed by atoms with Gasteiger partial charge in [0.15, 0.2) is 4.34 Å². The zero-order valence-electron chi connectivity index (χ0n) is 16.3. The Hall–Kier alpha value is -1.97. The van der Waals surface area contributed by atoms with E-state index in [4.69, 9.17) is 0 Å². The highest BCUT2D eigenvalue weighted by molar-refractivity contribution is 9.10. The van der Waals surface area contributed by atoms with Gasteiger partial charge in [-0.2, -0.15) is 0 Å². The van der Waals surface area contributed by atoms with Crippen LogP contribution in [0.2, 0.25) is 0 Å². The van der Waals surface area contributed by atoms with Crippen LogP contribution in [0.4, 0.5) is 5.82 Å². The van der Waals surface area contributed by atoms with Gasteiger partial charge in [-0.05, 0) is 26.0 Å². The first-order valence-corrected chi connectivity index (χ1v) is 11.4. The second-order valence-electron chi connectivity index (χ2n) is 6.96. The third-order valence-corrected chi connectivity index (χ3v) is 6.96. The highest BCUT2D eigenvalue weighted by Gasteiger charge is 2.29. The fourth-order valence-electron chi connectivity index (χ4n) is 2.40. The second kappa shape index (κ2) is 9.23. The highest BCUT2D eigenvalue weighted by atomic mass is 79.9. The lowest BCUT2D eigenvalue weighted by molar-refractivity contribution is -0.138. The molecule has 0 aliphatic carbocycles. The summed E-state index contributed by atoms with van der Waals surface area (Å²) in [4.78, 5) is 26.9. The van der Waals surface area contributed by atoms with Crippen LogP contribution >= 0.6 is 39.0 Å². The highest BCUT2D eigenvalue weighted by Crippen LogP contribution is 2.34. The quantitative estimate of drug-likeness (QED) is 0.443. The van der Waals surface area contributed by atoms with Crippen molar-refractivity contribution in [1.29, 1.82) is 0 Å². The van der Waals surface area contributed by atoms with Gasteiger partial charge in [0, 0.05) is 35.4 Å². The van der Waals surface area contributed by atoms with Gasteiger partial charge in [0.1, 0.15) is 10.6 Å². The SMILES string of the molecule is CN(CCc1csc(SC(C)(C)C(=O)O)n1)c1cnc(-c2ccc(Br)cc2)cn1. The maximum absolute atomic E-state index is 11.3. The van der Waals surface area contributed by atoms with Crippen LogP contribution in [-0.2, 0) is 11.2 Å². The zero-order chi connectivity index (χ0) is 21.0. The van der Waals surface area contributed by atoms with Gasteiger partial charge in [-0.25, -0.2) is 9.97 Å². The lowest BCUT2D eigenvalue weighted by atomic mass is 10.2. The van der Waals surface area contributed by atoms with E-state index in [0.29, 0.717) is 0 Å². The molecule has 0 fully saturated rings. The van der Waals surface area contributed by atoms with E-state index in [0.717, 1.165) is 44.5 Å². The summed E-state index contributed by atoms with van der Waals surface area (Å²) in [5.41, 5.74) is 2.80. The molecule has 0 spiro atoms. The van der Waals surface area contributed by atoms with E-state index in [1.165, 1.54) is 23.1 Å². The average Bonchev–Trinajstić information content (AvgIpc) is 3.13. The molecule has 2 heterocycles. The largest absolute Gasteiger partial charge is 0.480 e. The molecule has 9 heteroatoms. The number of rotatable bonds is 8. The molecule has 3 aromatic rings. The number of nitrogens with zero attached hydrogens (tertiary/aromatic N) is 4. The van der Waals surface area contributed by atoms with E-state index in [1.54, 1.807) is 26.2 Å². The lowest BCUT2D eigenvalue weighted by Gasteiger charge is -2.17. The fourth-order valence-corrected chi connectivity index (χ4v) is 4.89. The predicted octanol–water partition coefficient (Wildman–Crippen LogP) is 5.00. The minimum atomic E-state index is -0.891. The molecule has 0 aliphatic heterocycles. The van der Waals surface area contributed by atoms with Crippen molar-refractivity contribution in [3.63, 3.8) is 0 Å². The molecule has 3 rings (SSSR count). The number of aromatic nitrogens is 3. The van der Waals surface area contributed by atoms with Crippen molar-refractivity contribution in [3.8, 4) is 11.3 Å². The Labute approximate surface area is 186 Å². The number of carbonyl (C=O) groups is 1. The number of hydrogen-bond acceptors (Lipinski definition) is 7. The van der Waals surface area contributed by atoms with Crippen molar-refractivity contribution in [2.24, 2.45) is 0 Å². The molecule has 0 bridgehead atoms. The number of anilines is 1. The number of thioether (sulfide) groups is 1. The number of halogens is 1. The van der Waals surface area contributed by atoms with Crippen LogP contribution in [0.3, 0.4) is 0 Å². The smallest absolute Gasteiger partial charge is 0.319 e. The number of carboxylic acid groups (broad SMARTS) is 1. The molecule has 0 aliphatic rings. The van der Waals surface area contributed by atoms with Gasteiger partial charge in [0.2, 0.25) is 0 Å². The third-order valence-electron chi connectivity index (χ3n) is 4.26. The van der Waals surface area contributed by atoms with Crippen LogP contribution in [-0.4, -0.2) is 44.4 Å². The Bertz CT molecular complexity index is 975. The normalized spacial score (nSPS) is 11.4. The molecule has 0 atom stereocenters. The maximum atomic E-state index is 11.3. The molecule has 0 unspecified atom stereocenters. The van der Waals surface area contributed by atoms with Crippen LogP contribution in [0.15, 0.2) is 50.9 Å². The van der Waals surface area contributed by atoms with E-state index in [9.17, 15) is 9.90 Å². The van der Waals surface area contributed by atoms with Crippen LogP contribution < -0.4 is 4.90 Å². The van der Waals surface area contributed by atoms with Crippen molar-refractivity contribution < 1.29 is 9.90 Å². The van der Waals surface area contributed by atoms with E-state index in [1.807, 2.05) is 41.6 Å². The molecule has 2 aromatic heterocycles. The first-order valence-electron chi connectivity index (χ1n) is 8.90. The van der Waals surface area contributed by atoms with E-state index in [-0.39, 0.29) is 0 Å². The molecule has 0 radical (unpaired) electrons. The molecule has 1 aromatic carbocycles. The van der Waals surface area contributed by atoms with Crippen molar-refractivity contribution in [1.82, 2.24) is 15.0 Å². The Morgan fingerprint density at radius 3 is 2.59 bits per heavy atom. The summed E-state index contributed by atoms with van der Waals surface area (Å²) >= 11 is 6.19. The molecule has 29 heavy (non-hydrogen) atoms. The zero-order valence-corrected chi connectivity index (χ0v) is 19.5. The first-order chi connectivity index (χ1) is 13.7. The van der Waals surface area contributed by atoms with Crippen molar-refractivity contribution in [3.05, 3.63) is 52.2 Å². The van der Waals surface area contributed by atoms with E-state index < -0.39 is 10.7 Å². The van der Waals surface area contributed by atoms with Gasteiger partial charge in [0.25, 0.3) is 0 Å². The number of carboxylic acids is 1. The topological polar surface area (TPSA) is 79.2 Å².